The van der Waals surface area contributed by atoms with Crippen LogP contribution in [0, 0.1) is 5.92 Å². The molecule has 0 saturated carbocycles. The minimum atomic E-state index is 0.256. The second-order valence-corrected chi connectivity index (χ2v) is 6.13. The Morgan fingerprint density at radius 3 is 2.63 bits per heavy atom. The van der Waals surface area contributed by atoms with Crippen LogP contribution in [0.25, 0.3) is 0 Å². The Morgan fingerprint density at radius 2 is 2.05 bits per heavy atom. The van der Waals surface area contributed by atoms with E-state index in [2.05, 4.69) is 36.2 Å². The number of ether oxygens (including phenoxy) is 1. The second kappa shape index (κ2) is 5.23. The largest absolute Gasteiger partial charge is 0.379 e. The molecule has 0 amide bonds. The highest BCUT2D eigenvalue weighted by Crippen LogP contribution is 2.44. The summed E-state index contributed by atoms with van der Waals surface area (Å²) in [5.41, 5.74) is 8.71. The summed E-state index contributed by atoms with van der Waals surface area (Å²) in [6.45, 7) is 4.81. The van der Waals surface area contributed by atoms with Crippen molar-refractivity contribution in [2.75, 3.05) is 33.4 Å². The number of hydrogen-bond acceptors (Lipinski definition) is 3. The highest BCUT2D eigenvalue weighted by Gasteiger charge is 2.47. The molecule has 0 bridgehead atoms. The van der Waals surface area contributed by atoms with Crippen LogP contribution in [0.15, 0.2) is 24.3 Å². The fraction of sp³-hybridized carbons (Fsp3) is 0.625. The van der Waals surface area contributed by atoms with Crippen molar-refractivity contribution in [3.05, 3.63) is 35.4 Å². The maximum atomic E-state index is 5.78. The van der Waals surface area contributed by atoms with E-state index in [0.29, 0.717) is 6.54 Å². The first-order valence-corrected chi connectivity index (χ1v) is 7.30. The van der Waals surface area contributed by atoms with Crippen LogP contribution in [0.4, 0.5) is 0 Å². The summed E-state index contributed by atoms with van der Waals surface area (Å²) in [6, 6.07) is 8.82. The van der Waals surface area contributed by atoms with Gasteiger partial charge in [-0.2, -0.15) is 0 Å². The topological polar surface area (TPSA) is 38.5 Å². The highest BCUT2D eigenvalue weighted by molar-refractivity contribution is 5.33. The van der Waals surface area contributed by atoms with Gasteiger partial charge in [-0.3, -0.25) is 0 Å². The Hall–Kier alpha value is -0.900. The van der Waals surface area contributed by atoms with Crippen LogP contribution in [0.2, 0.25) is 0 Å². The van der Waals surface area contributed by atoms with Crippen molar-refractivity contribution in [3.63, 3.8) is 0 Å². The molecule has 2 N–H and O–H groups in total. The number of hydrogen-bond donors (Lipinski definition) is 1. The molecule has 0 aliphatic carbocycles. The number of benzene rings is 1. The Kier molecular flexibility index (Phi) is 3.61. The SMILES string of the molecule is CN1CCC(C2(c3cccc(CN)c3)COC2)CC1. The summed E-state index contributed by atoms with van der Waals surface area (Å²) >= 11 is 0. The van der Waals surface area contributed by atoms with Crippen molar-refractivity contribution >= 4 is 0 Å². The third-order valence-corrected chi connectivity index (χ3v) is 4.96. The van der Waals surface area contributed by atoms with Crippen LogP contribution in [0.3, 0.4) is 0 Å². The first-order valence-electron chi connectivity index (χ1n) is 7.30. The summed E-state index contributed by atoms with van der Waals surface area (Å²) in [4.78, 5) is 2.43. The zero-order chi connectivity index (χ0) is 13.3. The molecule has 2 saturated heterocycles. The third-order valence-electron chi connectivity index (χ3n) is 4.96. The summed E-state index contributed by atoms with van der Waals surface area (Å²) in [5.74, 6) is 0.755. The molecule has 2 fully saturated rings. The predicted octanol–water partition coefficient (Wildman–Crippen LogP) is 1.76. The molecule has 104 valence electrons. The zero-order valence-electron chi connectivity index (χ0n) is 11.8. The molecular weight excluding hydrogens is 236 g/mol. The molecule has 0 unspecified atom stereocenters. The maximum Gasteiger partial charge on any atom is 0.0588 e. The van der Waals surface area contributed by atoms with E-state index < -0.39 is 0 Å². The highest BCUT2D eigenvalue weighted by atomic mass is 16.5. The minimum Gasteiger partial charge on any atom is -0.379 e. The van der Waals surface area contributed by atoms with E-state index in [1.807, 2.05) is 0 Å². The van der Waals surface area contributed by atoms with Crippen LogP contribution < -0.4 is 5.73 Å². The normalized spacial score (nSPS) is 24.1. The fourth-order valence-corrected chi connectivity index (χ4v) is 3.53. The lowest BCUT2D eigenvalue weighted by Crippen LogP contribution is -2.54. The van der Waals surface area contributed by atoms with Gasteiger partial charge in [0.1, 0.15) is 0 Å². The van der Waals surface area contributed by atoms with E-state index in [1.165, 1.54) is 37.1 Å². The summed E-state index contributed by atoms with van der Waals surface area (Å²) < 4.78 is 5.60. The van der Waals surface area contributed by atoms with E-state index in [9.17, 15) is 0 Å². The molecule has 1 aromatic carbocycles. The van der Waals surface area contributed by atoms with Crippen LogP contribution >= 0.6 is 0 Å². The third kappa shape index (κ3) is 2.31. The quantitative estimate of drug-likeness (QED) is 0.900. The Labute approximate surface area is 115 Å². The molecule has 2 aliphatic heterocycles. The molecule has 2 heterocycles. The van der Waals surface area contributed by atoms with Crippen LogP contribution in [-0.2, 0) is 16.7 Å². The van der Waals surface area contributed by atoms with Crippen molar-refractivity contribution in [1.82, 2.24) is 4.90 Å². The van der Waals surface area contributed by atoms with E-state index in [-0.39, 0.29) is 5.41 Å². The van der Waals surface area contributed by atoms with E-state index in [1.54, 1.807) is 0 Å². The first-order chi connectivity index (χ1) is 9.24. The van der Waals surface area contributed by atoms with Gasteiger partial charge in [-0.05, 0) is 50.0 Å². The van der Waals surface area contributed by atoms with Gasteiger partial charge in [-0.25, -0.2) is 0 Å². The van der Waals surface area contributed by atoms with E-state index in [4.69, 9.17) is 10.5 Å². The number of likely N-dealkylation sites (tertiary alicyclic amines) is 1. The van der Waals surface area contributed by atoms with Gasteiger partial charge in [0, 0.05) is 12.0 Å². The van der Waals surface area contributed by atoms with E-state index in [0.717, 1.165) is 19.1 Å². The molecular formula is C16H24N2O. The smallest absolute Gasteiger partial charge is 0.0588 e. The van der Waals surface area contributed by atoms with Crippen LogP contribution in [0.5, 0.6) is 0 Å². The first kappa shape index (κ1) is 13.1. The van der Waals surface area contributed by atoms with Crippen molar-refractivity contribution in [2.24, 2.45) is 11.7 Å². The Bertz CT molecular complexity index is 434. The van der Waals surface area contributed by atoms with Crippen molar-refractivity contribution in [2.45, 2.75) is 24.8 Å². The minimum absolute atomic E-state index is 0.256. The number of nitrogens with zero attached hydrogens (tertiary/aromatic N) is 1. The molecule has 2 aliphatic rings. The summed E-state index contributed by atoms with van der Waals surface area (Å²) in [7, 11) is 2.22. The van der Waals surface area contributed by atoms with Gasteiger partial charge >= 0.3 is 0 Å². The number of piperidine rings is 1. The van der Waals surface area contributed by atoms with Gasteiger partial charge in [0.05, 0.1) is 13.2 Å². The lowest BCUT2D eigenvalue weighted by Gasteiger charge is -2.50. The van der Waals surface area contributed by atoms with Crippen LogP contribution in [0.1, 0.15) is 24.0 Å². The molecule has 3 rings (SSSR count). The molecule has 0 radical (unpaired) electrons. The standard InChI is InChI=1S/C16H24N2O/c1-18-7-5-14(6-8-18)16(11-19-12-16)15-4-2-3-13(9-15)10-17/h2-4,9,14H,5-8,10-12,17H2,1H3. The fourth-order valence-electron chi connectivity index (χ4n) is 3.53. The molecule has 19 heavy (non-hydrogen) atoms. The molecule has 3 nitrogen and oxygen atoms in total. The number of nitrogens with two attached hydrogens (primary N) is 1. The van der Waals surface area contributed by atoms with Gasteiger partial charge in [0.25, 0.3) is 0 Å². The average Bonchev–Trinajstić information content (AvgIpc) is 2.40. The molecule has 3 heteroatoms. The molecule has 0 aromatic heterocycles. The van der Waals surface area contributed by atoms with Gasteiger partial charge in [-0.1, -0.05) is 24.3 Å². The number of rotatable bonds is 3. The zero-order valence-corrected chi connectivity index (χ0v) is 11.8. The summed E-state index contributed by atoms with van der Waals surface area (Å²) in [6.07, 6.45) is 2.57. The maximum absolute atomic E-state index is 5.78. The Balaban J connectivity index is 1.85. The monoisotopic (exact) mass is 260 g/mol. The van der Waals surface area contributed by atoms with Gasteiger partial charge in [-0.15, -0.1) is 0 Å². The van der Waals surface area contributed by atoms with Gasteiger partial charge in [0.15, 0.2) is 0 Å². The van der Waals surface area contributed by atoms with Gasteiger partial charge in [0.2, 0.25) is 0 Å². The van der Waals surface area contributed by atoms with E-state index >= 15 is 0 Å². The summed E-state index contributed by atoms with van der Waals surface area (Å²) in [5, 5.41) is 0. The molecule has 0 atom stereocenters. The van der Waals surface area contributed by atoms with Gasteiger partial charge < -0.3 is 15.4 Å². The lowest BCUT2D eigenvalue weighted by molar-refractivity contribution is -0.101. The lowest BCUT2D eigenvalue weighted by atomic mass is 9.65. The predicted molar refractivity (Wildman–Crippen MR) is 77.1 cm³/mol. The molecule has 1 aromatic rings. The van der Waals surface area contributed by atoms with Crippen LogP contribution in [-0.4, -0.2) is 38.3 Å². The second-order valence-electron chi connectivity index (χ2n) is 6.13. The van der Waals surface area contributed by atoms with Crippen molar-refractivity contribution < 1.29 is 4.74 Å². The van der Waals surface area contributed by atoms with Crippen molar-refractivity contribution in [1.29, 1.82) is 0 Å². The van der Waals surface area contributed by atoms with Crippen molar-refractivity contribution in [3.8, 4) is 0 Å². The average molecular weight is 260 g/mol. The molecule has 0 spiro atoms. The Morgan fingerprint density at radius 1 is 1.32 bits per heavy atom.